The van der Waals surface area contributed by atoms with Crippen LogP contribution >= 0.6 is 0 Å². The molecule has 0 spiro atoms. The van der Waals surface area contributed by atoms with Crippen molar-refractivity contribution in [2.75, 3.05) is 6.54 Å². The van der Waals surface area contributed by atoms with Crippen molar-refractivity contribution in [3.05, 3.63) is 29.6 Å². The highest BCUT2D eigenvalue weighted by molar-refractivity contribution is 5.17. The Morgan fingerprint density at radius 2 is 2.00 bits per heavy atom. The molecular weight excluding hydrogens is 229 g/mol. The molecule has 5 heteroatoms. The first-order chi connectivity index (χ1) is 7.97. The Hall–Kier alpha value is -1.10. The maximum atomic E-state index is 12.3. The molecule has 1 unspecified atom stereocenters. The molecule has 0 fully saturated rings. The van der Waals surface area contributed by atoms with Gasteiger partial charge in [0.25, 0.3) is 0 Å². The van der Waals surface area contributed by atoms with E-state index in [4.69, 9.17) is 0 Å². The lowest BCUT2D eigenvalue weighted by Gasteiger charge is -2.15. The van der Waals surface area contributed by atoms with E-state index >= 15 is 0 Å². The van der Waals surface area contributed by atoms with Crippen LogP contribution in [0.25, 0.3) is 0 Å². The lowest BCUT2D eigenvalue weighted by molar-refractivity contribution is -0.137. The van der Waals surface area contributed by atoms with E-state index in [1.165, 1.54) is 6.07 Å². The largest absolute Gasteiger partial charge is 0.417 e. The van der Waals surface area contributed by atoms with Crippen LogP contribution in [0.2, 0.25) is 0 Å². The van der Waals surface area contributed by atoms with E-state index in [-0.39, 0.29) is 6.04 Å². The molecule has 1 rings (SSSR count). The molecule has 0 radical (unpaired) electrons. The smallest absolute Gasteiger partial charge is 0.314 e. The Balaban J connectivity index is 2.68. The van der Waals surface area contributed by atoms with Crippen molar-refractivity contribution in [2.45, 2.75) is 38.9 Å². The molecule has 0 saturated carbocycles. The molecule has 2 nitrogen and oxygen atoms in total. The van der Waals surface area contributed by atoms with Gasteiger partial charge < -0.3 is 5.32 Å². The van der Waals surface area contributed by atoms with E-state index in [0.29, 0.717) is 12.1 Å². The lowest BCUT2D eigenvalue weighted by atomic mass is 10.1. The molecule has 0 aliphatic heterocycles. The van der Waals surface area contributed by atoms with E-state index in [9.17, 15) is 13.2 Å². The van der Waals surface area contributed by atoms with Gasteiger partial charge in [-0.15, -0.1) is 0 Å². The van der Waals surface area contributed by atoms with Crippen molar-refractivity contribution in [1.29, 1.82) is 0 Å². The predicted octanol–water partition coefficient (Wildman–Crippen LogP) is 3.03. The van der Waals surface area contributed by atoms with Crippen LogP contribution in [-0.4, -0.2) is 17.6 Å². The molecule has 0 amide bonds. The fourth-order valence-electron chi connectivity index (χ4n) is 1.61. The zero-order valence-corrected chi connectivity index (χ0v) is 10.0. The number of pyridine rings is 1. The van der Waals surface area contributed by atoms with Crippen LogP contribution in [-0.2, 0) is 12.6 Å². The molecule has 1 aromatic heterocycles. The van der Waals surface area contributed by atoms with E-state index in [1.54, 1.807) is 0 Å². The number of nitrogens with zero attached hydrogens (tertiary/aromatic N) is 1. The Bertz CT molecular complexity index is 333. The highest BCUT2D eigenvalue weighted by atomic mass is 19.4. The van der Waals surface area contributed by atoms with Gasteiger partial charge in [-0.05, 0) is 25.1 Å². The van der Waals surface area contributed by atoms with Gasteiger partial charge in [0.2, 0.25) is 0 Å². The summed E-state index contributed by atoms with van der Waals surface area (Å²) in [5, 5.41) is 3.26. The van der Waals surface area contributed by atoms with E-state index in [0.717, 1.165) is 25.2 Å². The average Bonchev–Trinajstić information content (AvgIpc) is 2.28. The molecule has 1 aromatic rings. The second kappa shape index (κ2) is 6.00. The Morgan fingerprint density at radius 1 is 1.29 bits per heavy atom. The number of aromatic nitrogens is 1. The zero-order chi connectivity index (χ0) is 12.9. The molecule has 0 aliphatic rings. The summed E-state index contributed by atoms with van der Waals surface area (Å²) in [4.78, 5) is 3.86. The number of hydrogen-bond donors (Lipinski definition) is 1. The van der Waals surface area contributed by atoms with Crippen LogP contribution in [0.1, 0.15) is 31.5 Å². The third kappa shape index (κ3) is 4.34. The van der Waals surface area contributed by atoms with Gasteiger partial charge in [-0.25, -0.2) is 0 Å². The van der Waals surface area contributed by atoms with Gasteiger partial charge in [-0.1, -0.05) is 13.8 Å². The second-order valence-electron chi connectivity index (χ2n) is 3.90. The average molecular weight is 246 g/mol. The van der Waals surface area contributed by atoms with Gasteiger partial charge in [-0.2, -0.15) is 13.2 Å². The highest BCUT2D eigenvalue weighted by Crippen LogP contribution is 2.28. The number of halogens is 3. The quantitative estimate of drug-likeness (QED) is 0.863. The zero-order valence-electron chi connectivity index (χ0n) is 10.0. The van der Waals surface area contributed by atoms with E-state index in [2.05, 4.69) is 10.3 Å². The molecule has 0 aromatic carbocycles. The van der Waals surface area contributed by atoms with Crippen LogP contribution in [0.15, 0.2) is 18.3 Å². The molecular formula is C12H17F3N2. The van der Waals surface area contributed by atoms with E-state index < -0.39 is 11.7 Å². The number of likely N-dealkylation sites (N-methyl/N-ethyl adjacent to an activating group) is 1. The summed E-state index contributed by atoms with van der Waals surface area (Å²) in [5.41, 5.74) is -0.0106. The Kier molecular flexibility index (Phi) is 4.93. The number of nitrogens with one attached hydrogen (secondary N) is 1. The fourth-order valence-corrected chi connectivity index (χ4v) is 1.61. The van der Waals surface area contributed by atoms with Crippen LogP contribution in [0.5, 0.6) is 0 Å². The normalized spacial score (nSPS) is 13.7. The summed E-state index contributed by atoms with van der Waals surface area (Å²) in [5.74, 6) is 0. The van der Waals surface area contributed by atoms with Crippen LogP contribution in [0.4, 0.5) is 13.2 Å². The highest BCUT2D eigenvalue weighted by Gasteiger charge is 2.30. The monoisotopic (exact) mass is 246 g/mol. The van der Waals surface area contributed by atoms with Gasteiger partial charge in [0, 0.05) is 24.4 Å². The van der Waals surface area contributed by atoms with Gasteiger partial charge in [0.1, 0.15) is 0 Å². The third-order valence-electron chi connectivity index (χ3n) is 2.59. The standard InChI is InChI=1S/C12H17F3N2/c1-3-10(16-4-2)7-11-6-5-9(8-17-11)12(13,14)15/h5-6,8,10,16H,3-4,7H2,1-2H3. The van der Waals surface area contributed by atoms with Gasteiger partial charge >= 0.3 is 6.18 Å². The number of alkyl halides is 3. The molecule has 1 N–H and O–H groups in total. The summed E-state index contributed by atoms with van der Waals surface area (Å²) in [6.07, 6.45) is -1.83. The van der Waals surface area contributed by atoms with Crippen molar-refractivity contribution in [1.82, 2.24) is 10.3 Å². The van der Waals surface area contributed by atoms with Crippen molar-refractivity contribution >= 4 is 0 Å². The molecule has 17 heavy (non-hydrogen) atoms. The topological polar surface area (TPSA) is 24.9 Å². The summed E-state index contributed by atoms with van der Waals surface area (Å²) >= 11 is 0. The minimum atomic E-state index is -4.31. The van der Waals surface area contributed by atoms with Gasteiger partial charge in [0.05, 0.1) is 5.56 Å². The van der Waals surface area contributed by atoms with Crippen molar-refractivity contribution in [3.8, 4) is 0 Å². The molecule has 0 saturated heterocycles. The first-order valence-electron chi connectivity index (χ1n) is 5.72. The van der Waals surface area contributed by atoms with Crippen LogP contribution < -0.4 is 5.32 Å². The molecule has 96 valence electrons. The maximum Gasteiger partial charge on any atom is 0.417 e. The second-order valence-corrected chi connectivity index (χ2v) is 3.90. The van der Waals surface area contributed by atoms with Gasteiger partial charge in [0.15, 0.2) is 0 Å². The van der Waals surface area contributed by atoms with Crippen molar-refractivity contribution in [2.24, 2.45) is 0 Å². The predicted molar refractivity (Wildman–Crippen MR) is 60.7 cm³/mol. The minimum absolute atomic E-state index is 0.268. The summed E-state index contributed by atoms with van der Waals surface area (Å²) in [6, 6.07) is 2.80. The van der Waals surface area contributed by atoms with E-state index in [1.807, 2.05) is 13.8 Å². The number of hydrogen-bond acceptors (Lipinski definition) is 2. The van der Waals surface area contributed by atoms with Crippen molar-refractivity contribution < 1.29 is 13.2 Å². The first kappa shape index (κ1) is 14.0. The molecule has 0 aliphatic carbocycles. The lowest BCUT2D eigenvalue weighted by Crippen LogP contribution is -2.30. The Morgan fingerprint density at radius 3 is 2.41 bits per heavy atom. The molecule has 1 heterocycles. The van der Waals surface area contributed by atoms with Crippen molar-refractivity contribution in [3.63, 3.8) is 0 Å². The SMILES string of the molecule is CCNC(CC)Cc1ccc(C(F)(F)F)cn1. The minimum Gasteiger partial charge on any atom is -0.314 e. The summed E-state index contributed by atoms with van der Waals surface area (Å²) in [6.45, 7) is 4.89. The first-order valence-corrected chi connectivity index (χ1v) is 5.72. The van der Waals surface area contributed by atoms with Gasteiger partial charge in [-0.3, -0.25) is 4.98 Å². The van der Waals surface area contributed by atoms with Crippen LogP contribution in [0.3, 0.4) is 0 Å². The maximum absolute atomic E-state index is 12.3. The fraction of sp³-hybridized carbons (Fsp3) is 0.583. The summed E-state index contributed by atoms with van der Waals surface area (Å²) in [7, 11) is 0. The van der Waals surface area contributed by atoms with Crippen LogP contribution in [0, 0.1) is 0 Å². The molecule has 1 atom stereocenters. The summed E-state index contributed by atoms with van der Waals surface area (Å²) < 4.78 is 37.0. The number of rotatable bonds is 5. The third-order valence-corrected chi connectivity index (χ3v) is 2.59. The molecule has 0 bridgehead atoms. The Labute approximate surface area is 99.3 Å².